The standard InChI is InChI=1S/C12H13BrClN3/c1-7(2)11-10(14)12(15)17(16-11)9-5-3-8(13)4-6-9/h3-7H,15H2,1-2H3. The summed E-state index contributed by atoms with van der Waals surface area (Å²) in [6.45, 7) is 4.08. The largest absolute Gasteiger partial charge is 0.382 e. The fourth-order valence-corrected chi connectivity index (χ4v) is 2.18. The maximum Gasteiger partial charge on any atom is 0.146 e. The summed E-state index contributed by atoms with van der Waals surface area (Å²) >= 11 is 9.56. The predicted molar refractivity (Wildman–Crippen MR) is 74.8 cm³/mol. The first-order chi connectivity index (χ1) is 8.00. The molecular formula is C12H13BrClN3. The van der Waals surface area contributed by atoms with Crippen LogP contribution in [0.2, 0.25) is 5.02 Å². The molecule has 0 bridgehead atoms. The van der Waals surface area contributed by atoms with Crippen LogP contribution in [-0.2, 0) is 0 Å². The van der Waals surface area contributed by atoms with Crippen molar-refractivity contribution in [3.8, 4) is 5.69 Å². The van der Waals surface area contributed by atoms with Crippen LogP contribution >= 0.6 is 27.5 Å². The van der Waals surface area contributed by atoms with E-state index in [2.05, 4.69) is 21.0 Å². The number of hydrogen-bond donors (Lipinski definition) is 1. The minimum absolute atomic E-state index is 0.251. The molecule has 0 radical (unpaired) electrons. The summed E-state index contributed by atoms with van der Waals surface area (Å²) in [6, 6.07) is 7.76. The van der Waals surface area contributed by atoms with Gasteiger partial charge in [0.25, 0.3) is 0 Å². The molecule has 0 amide bonds. The van der Waals surface area contributed by atoms with Gasteiger partial charge >= 0.3 is 0 Å². The van der Waals surface area contributed by atoms with Crippen molar-refractivity contribution in [2.45, 2.75) is 19.8 Å². The second-order valence-electron chi connectivity index (χ2n) is 4.13. The Hall–Kier alpha value is -1.00. The second-order valence-corrected chi connectivity index (χ2v) is 5.42. The van der Waals surface area contributed by atoms with E-state index in [1.807, 2.05) is 38.1 Å². The predicted octanol–water partition coefficient (Wildman–Crippen LogP) is 3.99. The van der Waals surface area contributed by atoms with Crippen molar-refractivity contribution in [3.05, 3.63) is 39.5 Å². The highest BCUT2D eigenvalue weighted by Crippen LogP contribution is 2.30. The summed E-state index contributed by atoms with van der Waals surface area (Å²) in [4.78, 5) is 0. The van der Waals surface area contributed by atoms with Gasteiger partial charge in [0.2, 0.25) is 0 Å². The molecule has 5 heteroatoms. The van der Waals surface area contributed by atoms with Gasteiger partial charge < -0.3 is 5.73 Å². The van der Waals surface area contributed by atoms with Gasteiger partial charge in [0, 0.05) is 4.47 Å². The molecule has 2 N–H and O–H groups in total. The molecule has 0 saturated carbocycles. The van der Waals surface area contributed by atoms with E-state index in [0.29, 0.717) is 10.8 Å². The van der Waals surface area contributed by atoms with Crippen LogP contribution in [0.15, 0.2) is 28.7 Å². The Balaban J connectivity index is 2.53. The Bertz CT molecular complexity index is 531. The van der Waals surface area contributed by atoms with Crippen molar-refractivity contribution in [2.75, 3.05) is 5.73 Å². The fourth-order valence-electron chi connectivity index (χ4n) is 1.58. The number of benzene rings is 1. The topological polar surface area (TPSA) is 43.8 Å². The second kappa shape index (κ2) is 4.70. The molecule has 2 rings (SSSR count). The number of hydrogen-bond acceptors (Lipinski definition) is 2. The van der Waals surface area contributed by atoms with Crippen LogP contribution in [0.1, 0.15) is 25.5 Å². The van der Waals surface area contributed by atoms with E-state index in [1.54, 1.807) is 4.68 Å². The van der Waals surface area contributed by atoms with E-state index >= 15 is 0 Å². The van der Waals surface area contributed by atoms with Crippen molar-refractivity contribution < 1.29 is 0 Å². The van der Waals surface area contributed by atoms with Crippen molar-refractivity contribution in [1.82, 2.24) is 9.78 Å². The molecule has 1 aromatic heterocycles. The van der Waals surface area contributed by atoms with Crippen molar-refractivity contribution >= 4 is 33.3 Å². The maximum atomic E-state index is 6.17. The summed E-state index contributed by atoms with van der Waals surface area (Å²) in [5.74, 6) is 0.735. The molecule has 0 atom stereocenters. The third-order valence-electron chi connectivity index (χ3n) is 2.50. The summed E-state index contributed by atoms with van der Waals surface area (Å²) in [7, 11) is 0. The lowest BCUT2D eigenvalue weighted by atomic mass is 10.1. The lowest BCUT2D eigenvalue weighted by Gasteiger charge is -2.03. The van der Waals surface area contributed by atoms with Crippen LogP contribution < -0.4 is 5.73 Å². The molecule has 1 heterocycles. The number of nitrogens with zero attached hydrogens (tertiary/aromatic N) is 2. The van der Waals surface area contributed by atoms with Gasteiger partial charge in [-0.1, -0.05) is 41.4 Å². The van der Waals surface area contributed by atoms with Crippen LogP contribution in [0, 0.1) is 0 Å². The first-order valence-corrected chi connectivity index (χ1v) is 6.47. The number of anilines is 1. The van der Waals surface area contributed by atoms with Gasteiger partial charge in [-0.3, -0.25) is 0 Å². The molecule has 0 spiro atoms. The van der Waals surface area contributed by atoms with Gasteiger partial charge in [-0.15, -0.1) is 0 Å². The third kappa shape index (κ3) is 2.33. The van der Waals surface area contributed by atoms with Crippen LogP contribution in [0.25, 0.3) is 5.69 Å². The fraction of sp³-hybridized carbons (Fsp3) is 0.250. The third-order valence-corrected chi connectivity index (χ3v) is 3.42. The zero-order valence-electron chi connectivity index (χ0n) is 9.61. The first kappa shape index (κ1) is 12.5. The highest BCUT2D eigenvalue weighted by atomic mass is 79.9. The lowest BCUT2D eigenvalue weighted by Crippen LogP contribution is -2.02. The van der Waals surface area contributed by atoms with Gasteiger partial charge in [0.1, 0.15) is 10.8 Å². The lowest BCUT2D eigenvalue weighted by molar-refractivity contribution is 0.771. The highest BCUT2D eigenvalue weighted by molar-refractivity contribution is 9.10. The molecule has 3 nitrogen and oxygen atoms in total. The van der Waals surface area contributed by atoms with Gasteiger partial charge in [-0.25, -0.2) is 4.68 Å². The monoisotopic (exact) mass is 313 g/mol. The SMILES string of the molecule is CC(C)c1nn(-c2ccc(Br)cc2)c(N)c1Cl. The number of rotatable bonds is 2. The Morgan fingerprint density at radius 2 is 1.88 bits per heavy atom. The number of aromatic nitrogens is 2. The van der Waals surface area contributed by atoms with E-state index in [-0.39, 0.29) is 5.92 Å². The Kier molecular flexibility index (Phi) is 3.45. The van der Waals surface area contributed by atoms with E-state index in [4.69, 9.17) is 17.3 Å². The Morgan fingerprint density at radius 1 is 1.29 bits per heavy atom. The number of nitrogens with two attached hydrogens (primary N) is 1. The summed E-state index contributed by atoms with van der Waals surface area (Å²) in [5.41, 5.74) is 7.70. The van der Waals surface area contributed by atoms with E-state index in [1.165, 1.54) is 0 Å². The molecule has 17 heavy (non-hydrogen) atoms. The van der Waals surface area contributed by atoms with Crippen LogP contribution in [0.3, 0.4) is 0 Å². The van der Waals surface area contributed by atoms with Crippen molar-refractivity contribution in [2.24, 2.45) is 0 Å². The first-order valence-electron chi connectivity index (χ1n) is 5.30. The highest BCUT2D eigenvalue weighted by Gasteiger charge is 2.16. The zero-order valence-corrected chi connectivity index (χ0v) is 12.0. The van der Waals surface area contributed by atoms with Crippen molar-refractivity contribution in [1.29, 1.82) is 0 Å². The quantitative estimate of drug-likeness (QED) is 0.910. The molecule has 0 aliphatic carbocycles. The van der Waals surface area contributed by atoms with Gasteiger partial charge in [0.15, 0.2) is 0 Å². The average Bonchev–Trinajstić information content (AvgIpc) is 2.58. The zero-order chi connectivity index (χ0) is 12.6. The smallest absolute Gasteiger partial charge is 0.146 e. The number of halogens is 2. The normalized spacial score (nSPS) is 11.1. The van der Waals surface area contributed by atoms with Gasteiger partial charge in [0.05, 0.1) is 11.4 Å². The average molecular weight is 315 g/mol. The molecule has 0 aliphatic heterocycles. The molecule has 1 aromatic carbocycles. The van der Waals surface area contributed by atoms with E-state index in [9.17, 15) is 0 Å². The maximum absolute atomic E-state index is 6.17. The van der Waals surface area contributed by atoms with E-state index in [0.717, 1.165) is 15.9 Å². The van der Waals surface area contributed by atoms with Crippen LogP contribution in [0.5, 0.6) is 0 Å². The number of nitrogen functional groups attached to an aromatic ring is 1. The van der Waals surface area contributed by atoms with Crippen LogP contribution in [-0.4, -0.2) is 9.78 Å². The van der Waals surface area contributed by atoms with Gasteiger partial charge in [-0.2, -0.15) is 5.10 Å². The van der Waals surface area contributed by atoms with Crippen molar-refractivity contribution in [3.63, 3.8) is 0 Å². The minimum Gasteiger partial charge on any atom is -0.382 e. The van der Waals surface area contributed by atoms with Crippen LogP contribution in [0.4, 0.5) is 5.82 Å². The van der Waals surface area contributed by atoms with Gasteiger partial charge in [-0.05, 0) is 30.2 Å². The molecule has 0 fully saturated rings. The Labute approximate surface area is 114 Å². The molecule has 0 saturated heterocycles. The summed E-state index contributed by atoms with van der Waals surface area (Å²) in [6.07, 6.45) is 0. The summed E-state index contributed by atoms with van der Waals surface area (Å²) < 4.78 is 2.69. The molecule has 90 valence electrons. The molecule has 0 aliphatic rings. The molecule has 0 unspecified atom stereocenters. The molecular weight excluding hydrogens is 302 g/mol. The van der Waals surface area contributed by atoms with E-state index < -0.39 is 0 Å². The summed E-state index contributed by atoms with van der Waals surface area (Å²) in [5, 5.41) is 5.00. The Morgan fingerprint density at radius 3 is 2.35 bits per heavy atom. The minimum atomic E-state index is 0.251. The molecule has 2 aromatic rings.